The van der Waals surface area contributed by atoms with Gasteiger partial charge in [-0.3, -0.25) is 0 Å². The summed E-state index contributed by atoms with van der Waals surface area (Å²) in [4.78, 5) is 7.17. The molecule has 27 heavy (non-hydrogen) atoms. The third kappa shape index (κ3) is 5.43. The Balaban J connectivity index is 1.56. The van der Waals surface area contributed by atoms with Gasteiger partial charge in [0.25, 0.3) is 0 Å². The normalized spacial score (nSPS) is 16.0. The molecule has 0 spiro atoms. The van der Waals surface area contributed by atoms with Crippen LogP contribution >= 0.6 is 11.3 Å². The Kier molecular flexibility index (Phi) is 7.05. The third-order valence-corrected chi connectivity index (χ3v) is 5.74. The fraction of sp³-hybridized carbons (Fsp3) is 0.611. The number of aryl methyl sites for hydroxylation is 1. The molecule has 148 valence electrons. The quantitative estimate of drug-likeness (QED) is 0.423. The number of nitrogens with zero attached hydrogens (tertiary/aromatic N) is 5. The molecule has 9 heteroatoms. The maximum absolute atomic E-state index is 5.15. The van der Waals surface area contributed by atoms with E-state index >= 15 is 0 Å². The number of rotatable bonds is 7. The molecule has 2 aromatic rings. The van der Waals surface area contributed by atoms with Crippen LogP contribution in [0.3, 0.4) is 0 Å². The summed E-state index contributed by atoms with van der Waals surface area (Å²) >= 11 is 1.81. The minimum absolute atomic E-state index is 0.413. The van der Waals surface area contributed by atoms with Gasteiger partial charge in [0.15, 0.2) is 11.8 Å². The van der Waals surface area contributed by atoms with Crippen molar-refractivity contribution >= 4 is 22.3 Å². The van der Waals surface area contributed by atoms with Crippen molar-refractivity contribution in [3.8, 4) is 0 Å². The van der Waals surface area contributed by atoms with E-state index in [2.05, 4.69) is 43.2 Å². The summed E-state index contributed by atoms with van der Waals surface area (Å²) in [6, 6.07) is 4.72. The topological polar surface area (TPSA) is 79.6 Å². The van der Waals surface area contributed by atoms with Crippen molar-refractivity contribution in [1.29, 1.82) is 0 Å². The summed E-state index contributed by atoms with van der Waals surface area (Å²) in [5, 5.41) is 18.7. The smallest absolute Gasteiger partial charge is 0.192 e. The van der Waals surface area contributed by atoms with Crippen LogP contribution in [0.2, 0.25) is 0 Å². The molecule has 2 aromatic heterocycles. The number of nitrogens with one attached hydrogen (secondary N) is 2. The minimum atomic E-state index is 0.413. The first-order valence-electron chi connectivity index (χ1n) is 9.34. The van der Waals surface area contributed by atoms with E-state index in [0.29, 0.717) is 25.7 Å². The molecule has 0 saturated carbocycles. The first-order valence-corrected chi connectivity index (χ1v) is 10.2. The minimum Gasteiger partial charge on any atom is -0.383 e. The number of aromatic nitrogens is 3. The molecule has 3 rings (SSSR count). The Labute approximate surface area is 164 Å². The first kappa shape index (κ1) is 19.6. The second kappa shape index (κ2) is 9.70. The van der Waals surface area contributed by atoms with Crippen LogP contribution < -0.4 is 15.5 Å². The van der Waals surface area contributed by atoms with Crippen molar-refractivity contribution in [2.75, 3.05) is 38.3 Å². The van der Waals surface area contributed by atoms with E-state index in [0.717, 1.165) is 43.5 Å². The molecule has 0 radical (unpaired) electrons. The second-order valence-corrected chi connectivity index (χ2v) is 7.59. The molecule has 0 unspecified atom stereocenters. The largest absolute Gasteiger partial charge is 0.383 e. The van der Waals surface area contributed by atoms with Gasteiger partial charge in [-0.25, -0.2) is 4.99 Å². The number of piperidine rings is 1. The van der Waals surface area contributed by atoms with Crippen LogP contribution in [0.5, 0.6) is 0 Å². The average molecular weight is 392 g/mol. The van der Waals surface area contributed by atoms with Crippen molar-refractivity contribution in [2.24, 2.45) is 12.0 Å². The van der Waals surface area contributed by atoms with Crippen LogP contribution in [0.1, 0.15) is 24.5 Å². The number of aliphatic imine (C=N–C) groups is 1. The van der Waals surface area contributed by atoms with E-state index in [1.165, 1.54) is 5.00 Å². The molecule has 2 N–H and O–H groups in total. The highest BCUT2D eigenvalue weighted by atomic mass is 32.1. The number of guanidine groups is 1. The fourth-order valence-electron chi connectivity index (χ4n) is 3.05. The Hall–Kier alpha value is -2.13. The molecule has 0 aliphatic carbocycles. The van der Waals surface area contributed by atoms with E-state index < -0.39 is 0 Å². The lowest BCUT2D eigenvalue weighted by Crippen LogP contribution is -2.49. The molecule has 0 amide bonds. The summed E-state index contributed by atoms with van der Waals surface area (Å²) in [6.45, 7) is 5.91. The van der Waals surface area contributed by atoms with Crippen molar-refractivity contribution in [3.05, 3.63) is 29.2 Å². The van der Waals surface area contributed by atoms with E-state index in [9.17, 15) is 0 Å². The standard InChI is InChI=1S/C18H29N7OS/c1-14-22-23-16(24(14)2)13-20-18(19-8-11-26-3)21-15-6-9-25(10-7-15)17-5-4-12-27-17/h4-5,12,15H,6-11,13H2,1-3H3,(H2,19,20,21). The van der Waals surface area contributed by atoms with Gasteiger partial charge in [-0.15, -0.1) is 21.5 Å². The van der Waals surface area contributed by atoms with Crippen LogP contribution in [0.4, 0.5) is 5.00 Å². The zero-order valence-corrected chi connectivity index (χ0v) is 17.1. The number of hydrogen-bond donors (Lipinski definition) is 2. The maximum Gasteiger partial charge on any atom is 0.192 e. The molecule has 0 aromatic carbocycles. The first-order chi connectivity index (χ1) is 13.2. The van der Waals surface area contributed by atoms with Gasteiger partial charge < -0.3 is 24.8 Å². The predicted octanol–water partition coefficient (Wildman–Crippen LogP) is 1.54. The zero-order chi connectivity index (χ0) is 19.1. The Bertz CT molecular complexity index is 720. The monoisotopic (exact) mass is 391 g/mol. The maximum atomic E-state index is 5.15. The molecule has 1 fully saturated rings. The molecular weight excluding hydrogens is 362 g/mol. The highest BCUT2D eigenvalue weighted by molar-refractivity contribution is 7.14. The number of methoxy groups -OCH3 is 1. The number of ether oxygens (including phenoxy) is 1. The molecule has 1 saturated heterocycles. The molecule has 1 aliphatic heterocycles. The average Bonchev–Trinajstić information content (AvgIpc) is 3.32. The lowest BCUT2D eigenvalue weighted by Gasteiger charge is -2.33. The highest BCUT2D eigenvalue weighted by Crippen LogP contribution is 2.24. The summed E-state index contributed by atoms with van der Waals surface area (Å²) in [7, 11) is 3.67. The third-order valence-electron chi connectivity index (χ3n) is 4.81. The Morgan fingerprint density at radius 1 is 1.37 bits per heavy atom. The zero-order valence-electron chi connectivity index (χ0n) is 16.3. The Morgan fingerprint density at radius 2 is 2.19 bits per heavy atom. The summed E-state index contributed by atoms with van der Waals surface area (Å²) in [6.07, 6.45) is 2.18. The van der Waals surface area contributed by atoms with Crippen LogP contribution in [0.25, 0.3) is 0 Å². The van der Waals surface area contributed by atoms with Gasteiger partial charge in [0.2, 0.25) is 0 Å². The number of thiophene rings is 1. The molecule has 3 heterocycles. The van der Waals surface area contributed by atoms with Crippen molar-refractivity contribution in [2.45, 2.75) is 32.4 Å². The second-order valence-electron chi connectivity index (χ2n) is 6.66. The van der Waals surface area contributed by atoms with E-state index in [4.69, 9.17) is 9.73 Å². The Morgan fingerprint density at radius 3 is 2.81 bits per heavy atom. The SMILES string of the molecule is COCCNC(=NCc1nnc(C)n1C)NC1CCN(c2cccs2)CC1. The van der Waals surface area contributed by atoms with Gasteiger partial charge in [-0.05, 0) is 37.3 Å². The lowest BCUT2D eigenvalue weighted by molar-refractivity contribution is 0.203. The van der Waals surface area contributed by atoms with Crippen molar-refractivity contribution < 1.29 is 4.74 Å². The molecule has 0 atom stereocenters. The van der Waals surface area contributed by atoms with Gasteiger partial charge in [0.1, 0.15) is 12.4 Å². The number of anilines is 1. The summed E-state index contributed by atoms with van der Waals surface area (Å²) < 4.78 is 7.11. The van der Waals surface area contributed by atoms with Gasteiger partial charge in [0.05, 0.1) is 11.6 Å². The van der Waals surface area contributed by atoms with Gasteiger partial charge >= 0.3 is 0 Å². The molecule has 0 bridgehead atoms. The predicted molar refractivity (Wildman–Crippen MR) is 109 cm³/mol. The van der Waals surface area contributed by atoms with Crippen molar-refractivity contribution in [3.63, 3.8) is 0 Å². The van der Waals surface area contributed by atoms with Crippen LogP contribution in [-0.4, -0.2) is 60.1 Å². The molecular formula is C18H29N7OS. The van der Waals surface area contributed by atoms with E-state index in [1.54, 1.807) is 7.11 Å². The van der Waals surface area contributed by atoms with Gasteiger partial charge in [0, 0.05) is 39.8 Å². The van der Waals surface area contributed by atoms with E-state index in [1.807, 2.05) is 29.9 Å². The van der Waals surface area contributed by atoms with E-state index in [-0.39, 0.29) is 0 Å². The van der Waals surface area contributed by atoms with Crippen molar-refractivity contribution in [1.82, 2.24) is 25.4 Å². The van der Waals surface area contributed by atoms with Gasteiger partial charge in [-0.1, -0.05) is 0 Å². The summed E-state index contributed by atoms with van der Waals surface area (Å²) in [5.41, 5.74) is 0. The number of hydrogen-bond acceptors (Lipinski definition) is 6. The summed E-state index contributed by atoms with van der Waals surface area (Å²) in [5.74, 6) is 2.55. The fourth-order valence-corrected chi connectivity index (χ4v) is 3.84. The van der Waals surface area contributed by atoms with Crippen LogP contribution in [0, 0.1) is 6.92 Å². The van der Waals surface area contributed by atoms with Gasteiger partial charge in [-0.2, -0.15) is 0 Å². The lowest BCUT2D eigenvalue weighted by atomic mass is 10.1. The van der Waals surface area contributed by atoms with Crippen LogP contribution in [-0.2, 0) is 18.3 Å². The molecule has 8 nitrogen and oxygen atoms in total. The van der Waals surface area contributed by atoms with Crippen LogP contribution in [0.15, 0.2) is 22.5 Å². The molecule has 1 aliphatic rings. The highest BCUT2D eigenvalue weighted by Gasteiger charge is 2.20.